The number of nitrogens with one attached hydrogen (secondary N) is 1. The first-order chi connectivity index (χ1) is 11.0. The van der Waals surface area contributed by atoms with Gasteiger partial charge in [-0.05, 0) is 30.6 Å². The first kappa shape index (κ1) is 17.3. The maximum Gasteiger partial charge on any atom is 0.326 e. The Balaban J connectivity index is 1.98. The van der Waals surface area contributed by atoms with Crippen LogP contribution >= 0.6 is 11.8 Å². The van der Waals surface area contributed by atoms with Crippen molar-refractivity contribution >= 4 is 35.2 Å². The van der Waals surface area contributed by atoms with Gasteiger partial charge in [0.2, 0.25) is 11.8 Å². The molecule has 1 aromatic carbocycles. The third-order valence-electron chi connectivity index (χ3n) is 3.79. The molecule has 1 fully saturated rings. The van der Waals surface area contributed by atoms with Crippen LogP contribution in [0.1, 0.15) is 12.8 Å². The minimum absolute atomic E-state index is 0.107. The van der Waals surface area contributed by atoms with Crippen LogP contribution < -0.4 is 10.2 Å². The van der Waals surface area contributed by atoms with Gasteiger partial charge in [0.05, 0.1) is 5.92 Å². The molecule has 2 N–H and O–H groups in total. The second kappa shape index (κ2) is 8.01. The molecule has 0 bridgehead atoms. The lowest BCUT2D eigenvalue weighted by atomic mass is 10.1. The second-order valence-corrected chi connectivity index (χ2v) is 6.41. The third kappa shape index (κ3) is 4.48. The van der Waals surface area contributed by atoms with E-state index in [9.17, 15) is 19.5 Å². The summed E-state index contributed by atoms with van der Waals surface area (Å²) in [6.07, 6.45) is 2.36. The number of amides is 2. The molecule has 124 valence electrons. The lowest BCUT2D eigenvalue weighted by molar-refractivity contribution is -0.142. The van der Waals surface area contributed by atoms with Gasteiger partial charge in [-0.1, -0.05) is 18.2 Å². The SMILES string of the molecule is CSCC[C@@H](NC(=O)[C@H]1CC(=O)N(c2ccccc2)C1)C(=O)O. The van der Waals surface area contributed by atoms with E-state index in [1.165, 1.54) is 11.8 Å². The van der Waals surface area contributed by atoms with E-state index in [0.717, 1.165) is 5.69 Å². The van der Waals surface area contributed by atoms with Gasteiger partial charge in [0.25, 0.3) is 0 Å². The Labute approximate surface area is 139 Å². The number of nitrogens with zero attached hydrogens (tertiary/aromatic N) is 1. The van der Waals surface area contributed by atoms with Crippen LogP contribution in [0, 0.1) is 5.92 Å². The Hall–Kier alpha value is -2.02. The summed E-state index contributed by atoms with van der Waals surface area (Å²) in [7, 11) is 0. The molecule has 23 heavy (non-hydrogen) atoms. The lowest BCUT2D eigenvalue weighted by Crippen LogP contribution is -2.44. The van der Waals surface area contributed by atoms with Gasteiger partial charge in [-0.3, -0.25) is 9.59 Å². The number of hydrogen-bond donors (Lipinski definition) is 2. The predicted octanol–water partition coefficient (Wildman–Crippen LogP) is 1.36. The van der Waals surface area contributed by atoms with Gasteiger partial charge in [0, 0.05) is 18.7 Å². The largest absolute Gasteiger partial charge is 0.480 e. The average Bonchev–Trinajstić information content (AvgIpc) is 2.93. The van der Waals surface area contributed by atoms with Crippen molar-refractivity contribution in [3.63, 3.8) is 0 Å². The van der Waals surface area contributed by atoms with Crippen molar-refractivity contribution < 1.29 is 19.5 Å². The van der Waals surface area contributed by atoms with E-state index in [1.54, 1.807) is 4.90 Å². The predicted molar refractivity (Wildman–Crippen MR) is 89.5 cm³/mol. The smallest absolute Gasteiger partial charge is 0.326 e. The molecule has 1 aromatic rings. The van der Waals surface area contributed by atoms with Gasteiger partial charge in [-0.25, -0.2) is 4.79 Å². The number of para-hydroxylation sites is 1. The Morgan fingerprint density at radius 3 is 2.70 bits per heavy atom. The molecule has 6 nitrogen and oxygen atoms in total. The van der Waals surface area contributed by atoms with Crippen LogP contribution in [-0.4, -0.2) is 47.5 Å². The standard InChI is InChI=1S/C16H20N2O4S/c1-23-8-7-13(16(21)22)17-15(20)11-9-14(19)18(10-11)12-5-3-2-4-6-12/h2-6,11,13H,7-10H2,1H3,(H,17,20)(H,21,22)/t11-,13+/m0/s1. The number of carboxylic acid groups (broad SMARTS) is 1. The summed E-state index contributed by atoms with van der Waals surface area (Å²) >= 11 is 1.53. The van der Waals surface area contributed by atoms with Crippen LogP contribution in [0.15, 0.2) is 30.3 Å². The number of benzene rings is 1. The van der Waals surface area contributed by atoms with Crippen molar-refractivity contribution in [3.05, 3.63) is 30.3 Å². The Morgan fingerprint density at radius 2 is 2.09 bits per heavy atom. The van der Waals surface area contributed by atoms with Crippen molar-refractivity contribution in [2.45, 2.75) is 18.9 Å². The van der Waals surface area contributed by atoms with Crippen molar-refractivity contribution in [3.8, 4) is 0 Å². The molecular weight excluding hydrogens is 316 g/mol. The van der Waals surface area contributed by atoms with E-state index >= 15 is 0 Å². The van der Waals surface area contributed by atoms with Crippen molar-refractivity contribution in [1.29, 1.82) is 0 Å². The summed E-state index contributed by atoms with van der Waals surface area (Å²) in [4.78, 5) is 37.2. The van der Waals surface area contributed by atoms with Gasteiger partial charge in [-0.15, -0.1) is 0 Å². The van der Waals surface area contributed by atoms with E-state index in [0.29, 0.717) is 12.2 Å². The highest BCUT2D eigenvalue weighted by atomic mass is 32.2. The van der Waals surface area contributed by atoms with E-state index in [-0.39, 0.29) is 24.8 Å². The monoisotopic (exact) mass is 336 g/mol. The molecular formula is C16H20N2O4S. The Morgan fingerprint density at radius 1 is 1.39 bits per heavy atom. The minimum atomic E-state index is -1.04. The molecule has 7 heteroatoms. The number of carbonyl (C=O) groups is 3. The molecule has 1 saturated heterocycles. The molecule has 0 radical (unpaired) electrons. The molecule has 1 heterocycles. The number of hydrogen-bond acceptors (Lipinski definition) is 4. The number of carboxylic acids is 1. The molecule has 1 aliphatic heterocycles. The first-order valence-electron chi connectivity index (χ1n) is 7.40. The van der Waals surface area contributed by atoms with Gasteiger partial charge < -0.3 is 15.3 Å². The molecule has 1 aliphatic rings. The number of thioether (sulfide) groups is 1. The molecule has 0 aliphatic carbocycles. The first-order valence-corrected chi connectivity index (χ1v) is 8.80. The average molecular weight is 336 g/mol. The van der Waals surface area contributed by atoms with Crippen LogP contribution in [0.25, 0.3) is 0 Å². The van der Waals surface area contributed by atoms with Crippen molar-refractivity contribution in [2.75, 3.05) is 23.5 Å². The van der Waals surface area contributed by atoms with E-state index in [1.807, 2.05) is 36.6 Å². The molecule has 2 rings (SSSR count). The number of anilines is 1. The molecule has 2 amide bonds. The molecule has 0 spiro atoms. The fourth-order valence-electron chi connectivity index (χ4n) is 2.52. The van der Waals surface area contributed by atoms with Crippen LogP contribution in [0.3, 0.4) is 0 Å². The Kier molecular flexibility index (Phi) is 6.04. The van der Waals surface area contributed by atoms with Crippen LogP contribution in [-0.2, 0) is 14.4 Å². The zero-order valence-corrected chi connectivity index (χ0v) is 13.7. The zero-order valence-electron chi connectivity index (χ0n) is 12.9. The summed E-state index contributed by atoms with van der Waals surface area (Å²) in [5.74, 6) is -1.40. The maximum absolute atomic E-state index is 12.3. The fraction of sp³-hybridized carbons (Fsp3) is 0.438. The molecule has 2 atom stereocenters. The normalized spacial score (nSPS) is 18.7. The van der Waals surface area contributed by atoms with E-state index < -0.39 is 17.9 Å². The summed E-state index contributed by atoms with van der Waals surface area (Å²) < 4.78 is 0. The van der Waals surface area contributed by atoms with Crippen molar-refractivity contribution in [1.82, 2.24) is 5.32 Å². The van der Waals surface area contributed by atoms with Gasteiger partial charge >= 0.3 is 5.97 Å². The summed E-state index contributed by atoms with van der Waals surface area (Å²) in [6.45, 7) is 0.281. The van der Waals surface area contributed by atoms with E-state index in [2.05, 4.69) is 5.32 Å². The maximum atomic E-state index is 12.3. The Bertz CT molecular complexity index is 579. The topological polar surface area (TPSA) is 86.7 Å². The summed E-state index contributed by atoms with van der Waals surface area (Å²) in [6, 6.07) is 8.25. The summed E-state index contributed by atoms with van der Waals surface area (Å²) in [5.41, 5.74) is 0.755. The minimum Gasteiger partial charge on any atom is -0.480 e. The number of carbonyl (C=O) groups excluding carboxylic acids is 2. The van der Waals surface area contributed by atoms with Gasteiger partial charge in [-0.2, -0.15) is 11.8 Å². The second-order valence-electron chi connectivity index (χ2n) is 5.42. The van der Waals surface area contributed by atoms with Gasteiger partial charge in [0.1, 0.15) is 6.04 Å². The highest BCUT2D eigenvalue weighted by molar-refractivity contribution is 7.98. The third-order valence-corrected chi connectivity index (χ3v) is 4.43. The highest BCUT2D eigenvalue weighted by Gasteiger charge is 2.36. The lowest BCUT2D eigenvalue weighted by Gasteiger charge is -2.18. The molecule has 0 unspecified atom stereocenters. The zero-order chi connectivity index (χ0) is 16.8. The van der Waals surface area contributed by atoms with Crippen LogP contribution in [0.4, 0.5) is 5.69 Å². The summed E-state index contributed by atoms with van der Waals surface area (Å²) in [5, 5.41) is 11.7. The van der Waals surface area contributed by atoms with Crippen LogP contribution in [0.2, 0.25) is 0 Å². The van der Waals surface area contributed by atoms with Crippen molar-refractivity contribution in [2.24, 2.45) is 5.92 Å². The quantitative estimate of drug-likeness (QED) is 0.785. The number of aliphatic carboxylic acids is 1. The van der Waals surface area contributed by atoms with Gasteiger partial charge in [0.15, 0.2) is 0 Å². The van der Waals surface area contributed by atoms with Crippen LogP contribution in [0.5, 0.6) is 0 Å². The van der Waals surface area contributed by atoms with E-state index in [4.69, 9.17) is 0 Å². The molecule has 0 aromatic heterocycles. The fourth-order valence-corrected chi connectivity index (χ4v) is 2.99. The molecule has 0 saturated carbocycles. The highest BCUT2D eigenvalue weighted by Crippen LogP contribution is 2.25. The number of rotatable bonds is 7.